The van der Waals surface area contributed by atoms with Gasteiger partial charge in [-0.3, -0.25) is 0 Å². The Kier molecular flexibility index (Phi) is 2.87. The third-order valence-corrected chi connectivity index (χ3v) is 6.71. The number of aryl methyl sites for hydroxylation is 1. The summed E-state index contributed by atoms with van der Waals surface area (Å²) < 4.78 is 5.40. The molecule has 3 aliphatic rings. The molecule has 0 aromatic heterocycles. The van der Waals surface area contributed by atoms with Crippen molar-refractivity contribution in [1.29, 1.82) is 0 Å². The van der Waals surface area contributed by atoms with Crippen molar-refractivity contribution in [2.24, 2.45) is 17.3 Å². The zero-order valence-corrected chi connectivity index (χ0v) is 12.8. The van der Waals surface area contributed by atoms with Gasteiger partial charge in [0.15, 0.2) is 0 Å². The molecule has 3 aliphatic carbocycles. The lowest BCUT2D eigenvalue weighted by molar-refractivity contribution is 0.0598. The molecule has 2 saturated carbocycles. The minimum atomic E-state index is 0.672. The van der Waals surface area contributed by atoms with E-state index in [4.69, 9.17) is 4.74 Å². The molecule has 0 unspecified atom stereocenters. The Morgan fingerprint density at radius 1 is 1.15 bits per heavy atom. The summed E-state index contributed by atoms with van der Waals surface area (Å²) in [4.78, 5) is 0. The molecule has 0 heterocycles. The van der Waals surface area contributed by atoms with E-state index in [0.29, 0.717) is 5.41 Å². The van der Waals surface area contributed by atoms with Gasteiger partial charge in [-0.25, -0.2) is 0 Å². The number of ether oxygens (including phenoxy) is 1. The molecule has 4 rings (SSSR count). The van der Waals surface area contributed by atoms with Crippen LogP contribution in [0.25, 0.3) is 0 Å². The molecule has 0 N–H and O–H groups in total. The maximum Gasteiger partial charge on any atom is 0.119 e. The van der Waals surface area contributed by atoms with Crippen molar-refractivity contribution in [3.05, 3.63) is 29.3 Å². The Morgan fingerprint density at radius 3 is 2.90 bits per heavy atom. The van der Waals surface area contributed by atoms with Crippen molar-refractivity contribution >= 4 is 0 Å². The SMILES string of the molecule is COc1ccc2c(c1)CC[C@@H]1[C@H]3CCC[C@]3(C)CC[C@@H]21. The molecule has 0 spiro atoms. The van der Waals surface area contributed by atoms with Crippen LogP contribution in [0.2, 0.25) is 0 Å². The summed E-state index contributed by atoms with van der Waals surface area (Å²) in [5.41, 5.74) is 3.88. The summed E-state index contributed by atoms with van der Waals surface area (Å²) >= 11 is 0. The first-order valence-electron chi connectivity index (χ1n) is 8.38. The summed E-state index contributed by atoms with van der Waals surface area (Å²) in [5, 5.41) is 0. The van der Waals surface area contributed by atoms with Crippen molar-refractivity contribution in [3.8, 4) is 5.75 Å². The summed E-state index contributed by atoms with van der Waals surface area (Å²) in [7, 11) is 1.78. The third kappa shape index (κ3) is 1.75. The Bertz CT molecular complexity index is 520. The highest BCUT2D eigenvalue weighted by molar-refractivity contribution is 5.40. The van der Waals surface area contributed by atoms with Crippen LogP contribution in [0.5, 0.6) is 5.75 Å². The van der Waals surface area contributed by atoms with Crippen molar-refractivity contribution in [2.75, 3.05) is 7.11 Å². The average molecular weight is 270 g/mol. The second-order valence-electron chi connectivity index (χ2n) is 7.57. The number of hydrogen-bond acceptors (Lipinski definition) is 1. The molecule has 0 saturated heterocycles. The van der Waals surface area contributed by atoms with Crippen molar-refractivity contribution in [1.82, 2.24) is 0 Å². The molecule has 1 heteroatoms. The van der Waals surface area contributed by atoms with Crippen LogP contribution in [0.4, 0.5) is 0 Å². The minimum Gasteiger partial charge on any atom is -0.497 e. The lowest BCUT2D eigenvalue weighted by Crippen LogP contribution is -2.39. The van der Waals surface area contributed by atoms with Gasteiger partial charge in [-0.15, -0.1) is 0 Å². The maximum atomic E-state index is 5.40. The van der Waals surface area contributed by atoms with E-state index in [-0.39, 0.29) is 0 Å². The normalized spacial score (nSPS) is 38.8. The first-order chi connectivity index (χ1) is 9.71. The fourth-order valence-corrected chi connectivity index (χ4v) is 5.68. The van der Waals surface area contributed by atoms with E-state index in [0.717, 1.165) is 23.5 Å². The van der Waals surface area contributed by atoms with Crippen LogP contribution in [0, 0.1) is 17.3 Å². The van der Waals surface area contributed by atoms with Crippen molar-refractivity contribution < 1.29 is 4.74 Å². The number of rotatable bonds is 1. The molecule has 4 atom stereocenters. The van der Waals surface area contributed by atoms with E-state index in [2.05, 4.69) is 25.1 Å². The monoisotopic (exact) mass is 270 g/mol. The fraction of sp³-hybridized carbons (Fsp3) is 0.684. The van der Waals surface area contributed by atoms with Crippen molar-refractivity contribution in [2.45, 2.75) is 57.8 Å². The zero-order valence-electron chi connectivity index (χ0n) is 12.8. The highest BCUT2D eigenvalue weighted by atomic mass is 16.5. The van der Waals surface area contributed by atoms with Gasteiger partial charge in [0.1, 0.15) is 5.75 Å². The molecule has 0 radical (unpaired) electrons. The molecular weight excluding hydrogens is 244 g/mol. The third-order valence-electron chi connectivity index (χ3n) is 6.71. The van der Waals surface area contributed by atoms with Gasteiger partial charge in [-0.1, -0.05) is 19.4 Å². The predicted molar refractivity (Wildman–Crippen MR) is 82.2 cm³/mol. The van der Waals surface area contributed by atoms with Gasteiger partial charge in [0.25, 0.3) is 0 Å². The summed E-state index contributed by atoms with van der Waals surface area (Å²) in [5.74, 6) is 3.82. The number of fused-ring (bicyclic) bond motifs is 5. The zero-order chi connectivity index (χ0) is 13.7. The molecule has 108 valence electrons. The first-order valence-corrected chi connectivity index (χ1v) is 8.38. The van der Waals surface area contributed by atoms with E-state index < -0.39 is 0 Å². The van der Waals surface area contributed by atoms with E-state index in [1.807, 2.05) is 0 Å². The van der Waals surface area contributed by atoms with Crippen LogP contribution in [-0.2, 0) is 6.42 Å². The highest BCUT2D eigenvalue weighted by Gasteiger charge is 2.50. The number of methoxy groups -OCH3 is 1. The van der Waals surface area contributed by atoms with Crippen LogP contribution in [-0.4, -0.2) is 7.11 Å². The molecule has 1 nitrogen and oxygen atoms in total. The van der Waals surface area contributed by atoms with E-state index >= 15 is 0 Å². The Hall–Kier alpha value is -0.980. The molecule has 0 aliphatic heterocycles. The topological polar surface area (TPSA) is 9.23 Å². The van der Waals surface area contributed by atoms with Gasteiger partial charge in [0.05, 0.1) is 7.11 Å². The van der Waals surface area contributed by atoms with Crippen LogP contribution >= 0.6 is 0 Å². The standard InChI is InChI=1S/C19H26O/c1-19-10-3-4-18(19)17-7-5-13-12-14(20-2)6-8-15(13)16(17)9-11-19/h6,8,12,16-18H,3-5,7,9-11H2,1-2H3/t16-,17-,18+,19+/m0/s1. The lowest BCUT2D eigenvalue weighted by atomic mass is 9.56. The second-order valence-corrected chi connectivity index (χ2v) is 7.57. The molecule has 1 aromatic carbocycles. The second kappa shape index (κ2) is 4.51. The van der Waals surface area contributed by atoms with E-state index in [9.17, 15) is 0 Å². The lowest BCUT2D eigenvalue weighted by Gasteiger charge is -2.49. The molecule has 0 bridgehead atoms. The Labute approximate surface area is 122 Å². The maximum absolute atomic E-state index is 5.40. The van der Waals surface area contributed by atoms with Crippen LogP contribution in [0.3, 0.4) is 0 Å². The van der Waals surface area contributed by atoms with Gasteiger partial charge in [0, 0.05) is 0 Å². The minimum absolute atomic E-state index is 0.672. The fourth-order valence-electron chi connectivity index (χ4n) is 5.68. The van der Waals surface area contributed by atoms with E-state index in [1.54, 1.807) is 18.2 Å². The number of hydrogen-bond donors (Lipinski definition) is 0. The summed E-state index contributed by atoms with van der Waals surface area (Å²) in [6, 6.07) is 6.82. The summed E-state index contributed by atoms with van der Waals surface area (Å²) in [6.07, 6.45) is 9.98. The van der Waals surface area contributed by atoms with Crippen LogP contribution in [0.15, 0.2) is 18.2 Å². The molecular formula is C19H26O. The van der Waals surface area contributed by atoms with Crippen LogP contribution in [0.1, 0.15) is 62.5 Å². The van der Waals surface area contributed by atoms with Crippen molar-refractivity contribution in [3.63, 3.8) is 0 Å². The first kappa shape index (κ1) is 12.7. The molecule has 2 fully saturated rings. The predicted octanol–water partition coefficient (Wildman–Crippen LogP) is 4.94. The van der Waals surface area contributed by atoms with Gasteiger partial charge in [0.2, 0.25) is 0 Å². The van der Waals surface area contributed by atoms with E-state index in [1.165, 1.54) is 44.9 Å². The average Bonchev–Trinajstić information content (AvgIpc) is 2.88. The summed E-state index contributed by atoms with van der Waals surface area (Å²) in [6.45, 7) is 2.57. The van der Waals surface area contributed by atoms with Gasteiger partial charge in [-0.2, -0.15) is 0 Å². The van der Waals surface area contributed by atoms with Gasteiger partial charge < -0.3 is 4.74 Å². The quantitative estimate of drug-likeness (QED) is 0.702. The highest BCUT2D eigenvalue weighted by Crippen LogP contribution is 2.60. The van der Waals surface area contributed by atoms with Crippen LogP contribution < -0.4 is 4.74 Å². The molecule has 20 heavy (non-hydrogen) atoms. The van der Waals surface area contributed by atoms with Gasteiger partial charge in [-0.05, 0) is 85.0 Å². The molecule has 1 aromatic rings. The largest absolute Gasteiger partial charge is 0.497 e. The smallest absolute Gasteiger partial charge is 0.119 e. The van der Waals surface area contributed by atoms with Gasteiger partial charge >= 0.3 is 0 Å². The number of benzene rings is 1. The Balaban J connectivity index is 1.69. The Morgan fingerprint density at radius 2 is 2.05 bits per heavy atom. The molecule has 0 amide bonds.